The second kappa shape index (κ2) is 9.08. The normalized spacial score (nSPS) is 10.7. The van der Waals surface area contributed by atoms with Crippen LogP contribution in [0.15, 0.2) is 69.9 Å². The fourth-order valence-electron chi connectivity index (χ4n) is 3.70. The highest BCUT2D eigenvalue weighted by atomic mass is 16.5. The smallest absolute Gasteiger partial charge is 0.351 e. The van der Waals surface area contributed by atoms with Gasteiger partial charge in [-0.3, -0.25) is 0 Å². The number of hydrogen-bond donors (Lipinski definition) is 0. The maximum absolute atomic E-state index is 12.9. The van der Waals surface area contributed by atoms with E-state index in [1.807, 2.05) is 6.92 Å². The molecule has 0 bridgehead atoms. The van der Waals surface area contributed by atoms with Crippen LogP contribution in [0.3, 0.4) is 0 Å². The van der Waals surface area contributed by atoms with E-state index >= 15 is 0 Å². The summed E-state index contributed by atoms with van der Waals surface area (Å²) in [6.45, 7) is 1.85. The van der Waals surface area contributed by atoms with Crippen molar-refractivity contribution < 1.29 is 28.2 Å². The van der Waals surface area contributed by atoms with Gasteiger partial charge in [0, 0.05) is 11.5 Å². The molecule has 0 N–H and O–H groups in total. The van der Waals surface area contributed by atoms with E-state index < -0.39 is 11.6 Å². The van der Waals surface area contributed by atoms with Gasteiger partial charge in [-0.1, -0.05) is 18.2 Å². The van der Waals surface area contributed by atoms with E-state index in [-0.39, 0.29) is 11.3 Å². The molecule has 33 heavy (non-hydrogen) atoms. The van der Waals surface area contributed by atoms with Crippen LogP contribution in [-0.2, 0) is 0 Å². The number of ether oxygens (including phenoxy) is 4. The molecule has 3 aromatic carbocycles. The molecule has 168 valence electrons. The van der Waals surface area contributed by atoms with Crippen molar-refractivity contribution in [2.75, 3.05) is 21.3 Å². The Hall–Kier alpha value is -4.26. The predicted molar refractivity (Wildman–Crippen MR) is 124 cm³/mol. The fourth-order valence-corrected chi connectivity index (χ4v) is 3.70. The highest BCUT2D eigenvalue weighted by molar-refractivity contribution is 5.97. The minimum absolute atomic E-state index is 0.162. The van der Waals surface area contributed by atoms with Crippen LogP contribution in [0.25, 0.3) is 22.1 Å². The molecule has 0 fully saturated rings. The van der Waals surface area contributed by atoms with Gasteiger partial charge in [0.05, 0.1) is 26.9 Å². The molecule has 7 nitrogen and oxygen atoms in total. The van der Waals surface area contributed by atoms with Crippen LogP contribution >= 0.6 is 0 Å². The number of carbonyl (C=O) groups is 1. The molecule has 0 saturated carbocycles. The summed E-state index contributed by atoms with van der Waals surface area (Å²) < 4.78 is 26.8. The third kappa shape index (κ3) is 4.13. The molecule has 0 amide bonds. The lowest BCUT2D eigenvalue weighted by Crippen LogP contribution is -2.12. The Bertz CT molecular complexity index is 1360. The lowest BCUT2D eigenvalue weighted by molar-refractivity contribution is 0.0727. The lowest BCUT2D eigenvalue weighted by atomic mass is 9.99. The van der Waals surface area contributed by atoms with Gasteiger partial charge in [-0.25, -0.2) is 9.59 Å². The quantitative estimate of drug-likeness (QED) is 0.234. The van der Waals surface area contributed by atoms with Crippen molar-refractivity contribution in [1.82, 2.24) is 0 Å². The van der Waals surface area contributed by atoms with Crippen molar-refractivity contribution in [3.63, 3.8) is 0 Å². The zero-order valence-electron chi connectivity index (χ0n) is 18.6. The first kappa shape index (κ1) is 22.0. The molecule has 0 aliphatic heterocycles. The lowest BCUT2D eigenvalue weighted by Gasteiger charge is -2.13. The Morgan fingerprint density at radius 1 is 0.818 bits per heavy atom. The summed E-state index contributed by atoms with van der Waals surface area (Å²) in [5.41, 5.74) is 1.94. The first-order valence-corrected chi connectivity index (χ1v) is 10.1. The van der Waals surface area contributed by atoms with E-state index in [1.165, 1.54) is 20.3 Å². The number of carbonyl (C=O) groups excluding carboxylic acids is 1. The molecule has 1 aromatic heterocycles. The largest absolute Gasteiger partial charge is 0.497 e. The average molecular weight is 446 g/mol. The number of hydrogen-bond acceptors (Lipinski definition) is 7. The Kier molecular flexibility index (Phi) is 6.04. The summed E-state index contributed by atoms with van der Waals surface area (Å²) in [6.07, 6.45) is 0. The predicted octanol–water partition coefficient (Wildman–Crippen LogP) is 5.01. The van der Waals surface area contributed by atoms with Crippen LogP contribution in [0.5, 0.6) is 23.0 Å². The molecular formula is C26H22O7. The molecule has 7 heteroatoms. The van der Waals surface area contributed by atoms with Gasteiger partial charge < -0.3 is 23.4 Å². The van der Waals surface area contributed by atoms with Gasteiger partial charge >= 0.3 is 11.6 Å². The van der Waals surface area contributed by atoms with E-state index in [4.69, 9.17) is 23.4 Å². The molecule has 0 saturated heterocycles. The van der Waals surface area contributed by atoms with Gasteiger partial charge in [-0.2, -0.15) is 0 Å². The summed E-state index contributed by atoms with van der Waals surface area (Å²) >= 11 is 0. The van der Waals surface area contributed by atoms with Gasteiger partial charge in [-0.05, 0) is 54.4 Å². The Morgan fingerprint density at radius 3 is 2.06 bits per heavy atom. The second-order valence-corrected chi connectivity index (χ2v) is 7.20. The first-order chi connectivity index (χ1) is 16.0. The summed E-state index contributed by atoms with van der Waals surface area (Å²) in [5, 5.41) is 0.732. The minimum Gasteiger partial charge on any atom is -0.497 e. The summed E-state index contributed by atoms with van der Waals surface area (Å²) in [7, 11) is 4.50. The number of methoxy groups -OCH3 is 3. The Morgan fingerprint density at radius 2 is 1.45 bits per heavy atom. The zero-order chi connectivity index (χ0) is 23.5. The molecule has 4 rings (SSSR count). The second-order valence-electron chi connectivity index (χ2n) is 7.20. The highest BCUT2D eigenvalue weighted by Gasteiger charge is 2.21. The van der Waals surface area contributed by atoms with E-state index in [0.717, 1.165) is 16.5 Å². The Labute approximate surface area is 190 Å². The average Bonchev–Trinajstić information content (AvgIpc) is 2.83. The van der Waals surface area contributed by atoms with Crippen LogP contribution in [0.2, 0.25) is 0 Å². The maximum atomic E-state index is 12.9. The minimum atomic E-state index is -0.655. The summed E-state index contributed by atoms with van der Waals surface area (Å²) in [4.78, 5) is 25.6. The number of aryl methyl sites for hydroxylation is 1. The summed E-state index contributed by atoms with van der Waals surface area (Å²) in [6, 6.07) is 17.1. The molecule has 0 unspecified atom stereocenters. The van der Waals surface area contributed by atoms with Crippen molar-refractivity contribution in [3.05, 3.63) is 82.2 Å². The topological polar surface area (TPSA) is 84.2 Å². The molecule has 0 spiro atoms. The van der Waals surface area contributed by atoms with Gasteiger partial charge in [-0.15, -0.1) is 0 Å². The molecule has 0 radical (unpaired) electrons. The first-order valence-electron chi connectivity index (χ1n) is 10.1. The van der Waals surface area contributed by atoms with Crippen molar-refractivity contribution in [1.29, 1.82) is 0 Å². The number of rotatable bonds is 6. The molecule has 0 aliphatic carbocycles. The SMILES string of the molecule is COc1ccc(-c2c(C)c3ccc(OC(=O)c4c(OC)cccc4OC)cc3oc2=O)cc1. The van der Waals surface area contributed by atoms with Crippen LogP contribution in [0.4, 0.5) is 0 Å². The fraction of sp³-hybridized carbons (Fsp3) is 0.154. The maximum Gasteiger partial charge on any atom is 0.351 e. The van der Waals surface area contributed by atoms with Gasteiger partial charge in [0.2, 0.25) is 0 Å². The van der Waals surface area contributed by atoms with Gasteiger partial charge in [0.1, 0.15) is 34.1 Å². The number of benzene rings is 3. The van der Waals surface area contributed by atoms with Crippen molar-refractivity contribution in [2.45, 2.75) is 6.92 Å². The third-order valence-corrected chi connectivity index (χ3v) is 5.36. The van der Waals surface area contributed by atoms with Crippen molar-refractivity contribution in [2.24, 2.45) is 0 Å². The van der Waals surface area contributed by atoms with E-state index in [1.54, 1.807) is 61.7 Å². The van der Waals surface area contributed by atoms with Crippen molar-refractivity contribution in [3.8, 4) is 34.1 Å². The molecule has 1 heterocycles. The van der Waals surface area contributed by atoms with E-state index in [9.17, 15) is 9.59 Å². The third-order valence-electron chi connectivity index (χ3n) is 5.36. The van der Waals surface area contributed by atoms with Crippen LogP contribution in [0, 0.1) is 6.92 Å². The highest BCUT2D eigenvalue weighted by Crippen LogP contribution is 2.32. The standard InChI is InChI=1S/C26H22O7/c1-15-19-13-12-18(32-26(28)24-20(30-3)6-5-7-21(24)31-4)14-22(19)33-25(27)23(15)16-8-10-17(29-2)11-9-16/h5-14H,1-4H3. The monoisotopic (exact) mass is 446 g/mol. The van der Waals surface area contributed by atoms with E-state index in [2.05, 4.69) is 0 Å². The van der Waals surface area contributed by atoms with Crippen LogP contribution in [0.1, 0.15) is 15.9 Å². The molecule has 0 aliphatic rings. The molecule has 0 atom stereocenters. The van der Waals surface area contributed by atoms with Crippen LogP contribution < -0.4 is 24.6 Å². The number of fused-ring (bicyclic) bond motifs is 1. The molecule has 4 aromatic rings. The summed E-state index contributed by atoms with van der Waals surface area (Å²) in [5.74, 6) is 0.913. The van der Waals surface area contributed by atoms with Gasteiger partial charge in [0.25, 0.3) is 0 Å². The number of esters is 1. The zero-order valence-corrected chi connectivity index (χ0v) is 18.6. The van der Waals surface area contributed by atoms with Crippen LogP contribution in [-0.4, -0.2) is 27.3 Å². The van der Waals surface area contributed by atoms with Gasteiger partial charge in [0.15, 0.2) is 0 Å². The Balaban J connectivity index is 1.71. The van der Waals surface area contributed by atoms with E-state index in [0.29, 0.717) is 28.4 Å². The molecular weight excluding hydrogens is 424 g/mol. The van der Waals surface area contributed by atoms with Crippen molar-refractivity contribution >= 4 is 16.9 Å².